The van der Waals surface area contributed by atoms with E-state index in [4.69, 9.17) is 0 Å². The number of carbonyl (C=O) groups is 1. The molecule has 0 saturated carbocycles. The third-order valence-electron chi connectivity index (χ3n) is 2.74. The van der Waals surface area contributed by atoms with E-state index in [0.717, 1.165) is 25.8 Å². The van der Waals surface area contributed by atoms with Gasteiger partial charge in [0.2, 0.25) is 0 Å². The average Bonchev–Trinajstić information content (AvgIpc) is 2.29. The number of hydrogen-bond acceptors (Lipinski definition) is 2. The molecule has 1 atom stereocenters. The maximum absolute atomic E-state index is 12.9. The molecule has 1 aromatic rings. The van der Waals surface area contributed by atoms with Crippen molar-refractivity contribution in [3.05, 3.63) is 35.6 Å². The van der Waals surface area contributed by atoms with Gasteiger partial charge in [-0.1, -0.05) is 18.6 Å². The van der Waals surface area contributed by atoms with Gasteiger partial charge in [0, 0.05) is 5.56 Å². The van der Waals surface area contributed by atoms with Gasteiger partial charge in [0.1, 0.15) is 5.82 Å². The Kier molecular flexibility index (Phi) is 3.11. The van der Waals surface area contributed by atoms with Crippen molar-refractivity contribution >= 4 is 5.78 Å². The maximum Gasteiger partial charge on any atom is 0.179 e. The van der Waals surface area contributed by atoms with Gasteiger partial charge in [-0.2, -0.15) is 0 Å². The first-order valence-electron chi connectivity index (χ1n) is 5.30. The molecule has 0 aliphatic carbocycles. The van der Waals surface area contributed by atoms with Gasteiger partial charge in [0.05, 0.1) is 6.04 Å². The largest absolute Gasteiger partial charge is 0.307 e. The van der Waals surface area contributed by atoms with Crippen LogP contribution >= 0.6 is 0 Å². The Morgan fingerprint density at radius 1 is 1.40 bits per heavy atom. The van der Waals surface area contributed by atoms with Crippen LogP contribution in [0, 0.1) is 5.82 Å². The third-order valence-corrected chi connectivity index (χ3v) is 2.74. The standard InChI is InChI=1S/C12H14FNO/c13-10-5-3-4-9(8-10)12(15)11-6-1-2-7-14-11/h3-5,8,11,14H,1-2,6-7H2/t11-/m0/s1. The Labute approximate surface area is 88.5 Å². The predicted molar refractivity (Wildman–Crippen MR) is 56.4 cm³/mol. The molecule has 3 heteroatoms. The second kappa shape index (κ2) is 4.53. The van der Waals surface area contributed by atoms with Crippen LogP contribution in [0.5, 0.6) is 0 Å². The molecule has 0 aromatic heterocycles. The molecule has 1 saturated heterocycles. The van der Waals surface area contributed by atoms with E-state index in [-0.39, 0.29) is 17.6 Å². The van der Waals surface area contributed by atoms with E-state index >= 15 is 0 Å². The summed E-state index contributed by atoms with van der Waals surface area (Å²) in [6, 6.07) is 5.78. The van der Waals surface area contributed by atoms with Crippen LogP contribution < -0.4 is 5.32 Å². The van der Waals surface area contributed by atoms with Crippen LogP contribution in [-0.2, 0) is 0 Å². The lowest BCUT2D eigenvalue weighted by molar-refractivity contribution is 0.0926. The monoisotopic (exact) mass is 207 g/mol. The van der Waals surface area contributed by atoms with Crippen molar-refractivity contribution in [1.29, 1.82) is 0 Å². The Balaban J connectivity index is 2.12. The first kappa shape index (κ1) is 10.3. The van der Waals surface area contributed by atoms with Crippen LogP contribution in [0.15, 0.2) is 24.3 Å². The zero-order valence-corrected chi connectivity index (χ0v) is 8.50. The lowest BCUT2D eigenvalue weighted by Crippen LogP contribution is -2.40. The molecule has 2 rings (SSSR count). The van der Waals surface area contributed by atoms with Crippen molar-refractivity contribution < 1.29 is 9.18 Å². The molecule has 2 nitrogen and oxygen atoms in total. The fraction of sp³-hybridized carbons (Fsp3) is 0.417. The summed E-state index contributed by atoms with van der Waals surface area (Å²) in [7, 11) is 0. The highest BCUT2D eigenvalue weighted by molar-refractivity contribution is 6.00. The van der Waals surface area contributed by atoms with E-state index in [1.807, 2.05) is 0 Å². The van der Waals surface area contributed by atoms with Gasteiger partial charge in [0.15, 0.2) is 5.78 Å². The van der Waals surface area contributed by atoms with Crippen LogP contribution in [0.3, 0.4) is 0 Å². The molecule has 1 aromatic carbocycles. The molecule has 1 fully saturated rings. The van der Waals surface area contributed by atoms with Gasteiger partial charge in [-0.05, 0) is 31.5 Å². The van der Waals surface area contributed by atoms with Gasteiger partial charge in [0.25, 0.3) is 0 Å². The van der Waals surface area contributed by atoms with Gasteiger partial charge in [-0.3, -0.25) is 4.79 Å². The zero-order chi connectivity index (χ0) is 10.7. The van der Waals surface area contributed by atoms with Gasteiger partial charge >= 0.3 is 0 Å². The van der Waals surface area contributed by atoms with E-state index in [9.17, 15) is 9.18 Å². The number of hydrogen-bond donors (Lipinski definition) is 1. The zero-order valence-electron chi connectivity index (χ0n) is 8.50. The van der Waals surface area contributed by atoms with Crippen molar-refractivity contribution in [1.82, 2.24) is 5.32 Å². The molecule has 0 amide bonds. The van der Waals surface area contributed by atoms with Gasteiger partial charge < -0.3 is 5.32 Å². The smallest absolute Gasteiger partial charge is 0.179 e. The molecule has 15 heavy (non-hydrogen) atoms. The second-order valence-electron chi connectivity index (χ2n) is 3.88. The Hall–Kier alpha value is -1.22. The van der Waals surface area contributed by atoms with Crippen LogP contribution in [0.4, 0.5) is 4.39 Å². The minimum atomic E-state index is -0.350. The summed E-state index contributed by atoms with van der Waals surface area (Å²) in [4.78, 5) is 11.9. The highest BCUT2D eigenvalue weighted by atomic mass is 19.1. The molecule has 1 heterocycles. The number of benzene rings is 1. The first-order valence-corrected chi connectivity index (χ1v) is 5.30. The molecule has 0 spiro atoms. The quantitative estimate of drug-likeness (QED) is 0.753. The molecular weight excluding hydrogens is 193 g/mol. The van der Waals surface area contributed by atoms with E-state index in [1.165, 1.54) is 12.1 Å². The summed E-state index contributed by atoms with van der Waals surface area (Å²) in [6.45, 7) is 0.881. The van der Waals surface area contributed by atoms with Crippen molar-refractivity contribution in [2.24, 2.45) is 0 Å². The number of carbonyl (C=O) groups excluding carboxylic acids is 1. The fourth-order valence-electron chi connectivity index (χ4n) is 1.92. The average molecular weight is 207 g/mol. The lowest BCUT2D eigenvalue weighted by atomic mass is 9.96. The number of piperidine rings is 1. The van der Waals surface area contributed by atoms with Gasteiger partial charge in [-0.25, -0.2) is 4.39 Å². The minimum absolute atomic E-state index is 0.00852. The molecule has 0 bridgehead atoms. The van der Waals surface area contributed by atoms with Crippen molar-refractivity contribution in [3.8, 4) is 0 Å². The lowest BCUT2D eigenvalue weighted by Gasteiger charge is -2.22. The van der Waals surface area contributed by atoms with Gasteiger partial charge in [-0.15, -0.1) is 0 Å². The van der Waals surface area contributed by atoms with Crippen LogP contribution in [0.2, 0.25) is 0 Å². The number of Topliss-reactive ketones (excluding diaryl/α,β-unsaturated/α-hetero) is 1. The molecule has 0 radical (unpaired) electrons. The Morgan fingerprint density at radius 3 is 2.93 bits per heavy atom. The third kappa shape index (κ3) is 2.42. The number of nitrogens with one attached hydrogen (secondary N) is 1. The van der Waals surface area contributed by atoms with Crippen molar-refractivity contribution in [2.75, 3.05) is 6.54 Å². The predicted octanol–water partition coefficient (Wildman–Crippen LogP) is 2.15. The second-order valence-corrected chi connectivity index (χ2v) is 3.88. The van der Waals surface area contributed by atoms with E-state index < -0.39 is 0 Å². The molecule has 1 aliphatic heterocycles. The van der Waals surface area contributed by atoms with Crippen molar-refractivity contribution in [2.45, 2.75) is 25.3 Å². The first-order chi connectivity index (χ1) is 7.27. The number of rotatable bonds is 2. The van der Waals surface area contributed by atoms with E-state index in [2.05, 4.69) is 5.32 Å². The van der Waals surface area contributed by atoms with E-state index in [0.29, 0.717) is 5.56 Å². The summed E-state index contributed by atoms with van der Waals surface area (Å²) < 4.78 is 12.9. The minimum Gasteiger partial charge on any atom is -0.307 e. The maximum atomic E-state index is 12.9. The molecular formula is C12H14FNO. The fourth-order valence-corrected chi connectivity index (χ4v) is 1.92. The van der Waals surface area contributed by atoms with E-state index in [1.54, 1.807) is 12.1 Å². The van der Waals surface area contributed by atoms with Crippen LogP contribution in [-0.4, -0.2) is 18.4 Å². The summed E-state index contributed by atoms with van der Waals surface area (Å²) in [5.41, 5.74) is 0.467. The topological polar surface area (TPSA) is 29.1 Å². The Bertz CT molecular complexity index is 358. The SMILES string of the molecule is O=C(c1cccc(F)c1)[C@@H]1CCCCN1. The highest BCUT2D eigenvalue weighted by Crippen LogP contribution is 2.13. The van der Waals surface area contributed by atoms with Crippen LogP contribution in [0.1, 0.15) is 29.6 Å². The summed E-state index contributed by atoms with van der Waals surface area (Å²) in [5.74, 6) is -0.342. The summed E-state index contributed by atoms with van der Waals surface area (Å²) >= 11 is 0. The highest BCUT2D eigenvalue weighted by Gasteiger charge is 2.21. The van der Waals surface area contributed by atoms with Crippen LogP contribution in [0.25, 0.3) is 0 Å². The molecule has 80 valence electrons. The summed E-state index contributed by atoms with van der Waals surface area (Å²) in [5, 5.41) is 3.16. The number of ketones is 1. The Morgan fingerprint density at radius 2 is 2.27 bits per heavy atom. The molecule has 0 unspecified atom stereocenters. The summed E-state index contributed by atoms with van der Waals surface area (Å²) in [6.07, 6.45) is 3.04. The molecule has 1 N–H and O–H groups in total. The number of halogens is 1. The normalized spacial score (nSPS) is 21.3. The molecule has 1 aliphatic rings. The van der Waals surface area contributed by atoms with Crippen molar-refractivity contribution in [3.63, 3.8) is 0 Å².